The summed E-state index contributed by atoms with van der Waals surface area (Å²) in [4.78, 5) is 19.9. The van der Waals surface area contributed by atoms with Gasteiger partial charge in [0.05, 0.1) is 42.2 Å². The fraction of sp³-hybridized carbons (Fsp3) is 0.333. The molecule has 0 radical (unpaired) electrons. The van der Waals surface area contributed by atoms with Gasteiger partial charge in [0, 0.05) is 6.61 Å². The van der Waals surface area contributed by atoms with Gasteiger partial charge in [-0.15, -0.1) is 0 Å². The van der Waals surface area contributed by atoms with E-state index in [1.54, 1.807) is 43.4 Å². The molecule has 0 bridgehead atoms. The number of carbonyl (C=O) groups excluding carboxylic acids is 1. The number of methoxy groups -OCH3 is 2. The number of hydrogen-bond acceptors (Lipinski definition) is 6. The molecular weight excluding hydrogens is 412 g/mol. The Morgan fingerprint density at radius 1 is 1.31 bits per heavy atom. The standard InChI is InChI=1S/C21H21ClN2O4S/c1-26-13-8-9-17(27-2)15(11-13)20(25)24(12-14-5-4-10-28-14)21-23-19-16(22)6-3-7-18(19)29-21/h3,6-9,11,14H,4-5,10,12H2,1-2H3. The van der Waals surface area contributed by atoms with Gasteiger partial charge >= 0.3 is 0 Å². The van der Waals surface area contributed by atoms with Gasteiger partial charge in [0.25, 0.3) is 5.91 Å². The molecule has 0 aliphatic carbocycles. The number of halogens is 1. The first-order chi connectivity index (χ1) is 14.1. The Bertz CT molecular complexity index is 1030. The van der Waals surface area contributed by atoms with E-state index in [0.717, 1.165) is 17.5 Å². The second-order valence-electron chi connectivity index (χ2n) is 6.70. The molecule has 0 saturated carbocycles. The maximum absolute atomic E-state index is 13.6. The number of carbonyl (C=O) groups is 1. The van der Waals surface area contributed by atoms with Crippen LogP contribution in [0, 0.1) is 0 Å². The van der Waals surface area contributed by atoms with E-state index >= 15 is 0 Å². The van der Waals surface area contributed by atoms with Gasteiger partial charge < -0.3 is 14.2 Å². The summed E-state index contributed by atoms with van der Waals surface area (Å²) in [5.74, 6) is 0.845. The molecule has 0 N–H and O–H groups in total. The van der Waals surface area contributed by atoms with Crippen LogP contribution in [0.4, 0.5) is 5.13 Å². The fourth-order valence-electron chi connectivity index (χ4n) is 3.39. The number of amides is 1. The normalized spacial score (nSPS) is 16.2. The summed E-state index contributed by atoms with van der Waals surface area (Å²) in [5, 5.41) is 1.15. The fourth-order valence-corrected chi connectivity index (χ4v) is 4.66. The third kappa shape index (κ3) is 4.03. The second kappa shape index (κ2) is 8.57. The molecule has 1 amide bonds. The van der Waals surface area contributed by atoms with Crippen molar-refractivity contribution in [2.45, 2.75) is 18.9 Å². The number of fused-ring (bicyclic) bond motifs is 1. The lowest BCUT2D eigenvalue weighted by atomic mass is 10.1. The number of anilines is 1. The summed E-state index contributed by atoms with van der Waals surface area (Å²) in [6.45, 7) is 1.12. The molecule has 8 heteroatoms. The summed E-state index contributed by atoms with van der Waals surface area (Å²) in [5.41, 5.74) is 1.10. The number of para-hydroxylation sites is 1. The van der Waals surface area contributed by atoms with E-state index in [9.17, 15) is 4.79 Å². The van der Waals surface area contributed by atoms with E-state index in [2.05, 4.69) is 4.98 Å². The van der Waals surface area contributed by atoms with Crippen LogP contribution in [-0.4, -0.2) is 44.4 Å². The topological polar surface area (TPSA) is 60.9 Å². The van der Waals surface area contributed by atoms with Crippen LogP contribution in [0.25, 0.3) is 10.2 Å². The average molecular weight is 433 g/mol. The van der Waals surface area contributed by atoms with Gasteiger partial charge in [-0.3, -0.25) is 9.69 Å². The lowest BCUT2D eigenvalue weighted by Gasteiger charge is -2.24. The number of thiazole rings is 1. The highest BCUT2D eigenvalue weighted by atomic mass is 35.5. The molecule has 1 aliphatic rings. The number of aromatic nitrogens is 1. The zero-order valence-corrected chi connectivity index (χ0v) is 17.8. The van der Waals surface area contributed by atoms with Crippen LogP contribution in [0.15, 0.2) is 36.4 Å². The van der Waals surface area contributed by atoms with E-state index in [0.29, 0.717) is 45.9 Å². The third-order valence-electron chi connectivity index (χ3n) is 4.88. The van der Waals surface area contributed by atoms with Crippen LogP contribution in [0.5, 0.6) is 11.5 Å². The Balaban J connectivity index is 1.77. The van der Waals surface area contributed by atoms with Crippen molar-refractivity contribution in [2.75, 3.05) is 32.3 Å². The molecule has 4 rings (SSSR count). The van der Waals surface area contributed by atoms with Crippen molar-refractivity contribution >= 4 is 44.2 Å². The lowest BCUT2D eigenvalue weighted by Crippen LogP contribution is -2.37. The Morgan fingerprint density at radius 2 is 2.17 bits per heavy atom. The second-order valence-corrected chi connectivity index (χ2v) is 8.12. The first kappa shape index (κ1) is 19.9. The van der Waals surface area contributed by atoms with Crippen molar-refractivity contribution in [3.05, 3.63) is 47.0 Å². The van der Waals surface area contributed by atoms with Crippen LogP contribution in [-0.2, 0) is 4.74 Å². The number of ether oxygens (including phenoxy) is 3. The van der Waals surface area contributed by atoms with Crippen LogP contribution in [0.2, 0.25) is 5.02 Å². The molecular formula is C21H21ClN2O4S. The summed E-state index contributed by atoms with van der Waals surface area (Å²) in [6, 6.07) is 10.8. The van der Waals surface area contributed by atoms with Gasteiger partial charge in [-0.2, -0.15) is 0 Å². The minimum atomic E-state index is -0.216. The largest absolute Gasteiger partial charge is 0.497 e. The molecule has 2 heterocycles. The monoisotopic (exact) mass is 432 g/mol. The average Bonchev–Trinajstić information content (AvgIpc) is 3.41. The number of nitrogens with zero attached hydrogens (tertiary/aromatic N) is 2. The molecule has 0 spiro atoms. The summed E-state index contributed by atoms with van der Waals surface area (Å²) < 4.78 is 17.5. The number of hydrogen-bond donors (Lipinski definition) is 0. The zero-order chi connectivity index (χ0) is 20.4. The highest BCUT2D eigenvalue weighted by Gasteiger charge is 2.29. The van der Waals surface area contributed by atoms with Gasteiger partial charge in [0.15, 0.2) is 5.13 Å². The Hall–Kier alpha value is -2.35. The molecule has 6 nitrogen and oxygen atoms in total. The maximum atomic E-state index is 13.6. The molecule has 152 valence electrons. The summed E-state index contributed by atoms with van der Waals surface area (Å²) >= 11 is 7.74. The molecule has 1 aromatic heterocycles. The van der Waals surface area contributed by atoms with Crippen LogP contribution in [0.3, 0.4) is 0 Å². The molecule has 29 heavy (non-hydrogen) atoms. The highest BCUT2D eigenvalue weighted by molar-refractivity contribution is 7.22. The van der Waals surface area contributed by atoms with Crippen molar-refractivity contribution in [2.24, 2.45) is 0 Å². The minimum Gasteiger partial charge on any atom is -0.497 e. The summed E-state index contributed by atoms with van der Waals surface area (Å²) in [6.07, 6.45) is 1.86. The van der Waals surface area contributed by atoms with Gasteiger partial charge in [-0.05, 0) is 43.2 Å². The van der Waals surface area contributed by atoms with E-state index in [4.69, 9.17) is 25.8 Å². The van der Waals surface area contributed by atoms with E-state index in [1.807, 2.05) is 12.1 Å². The molecule has 2 aromatic carbocycles. The van der Waals surface area contributed by atoms with Gasteiger partial charge in [0.1, 0.15) is 17.0 Å². The van der Waals surface area contributed by atoms with Crippen molar-refractivity contribution in [3.8, 4) is 11.5 Å². The zero-order valence-electron chi connectivity index (χ0n) is 16.2. The van der Waals surface area contributed by atoms with Gasteiger partial charge in [-0.25, -0.2) is 4.98 Å². The quantitative estimate of drug-likeness (QED) is 0.560. The minimum absolute atomic E-state index is 0.0296. The molecule has 1 fully saturated rings. The van der Waals surface area contributed by atoms with E-state index < -0.39 is 0 Å². The predicted octanol–water partition coefficient (Wildman–Crippen LogP) is 4.79. The maximum Gasteiger partial charge on any atom is 0.264 e. The number of rotatable bonds is 6. The molecule has 3 aromatic rings. The van der Waals surface area contributed by atoms with Crippen LogP contribution >= 0.6 is 22.9 Å². The Morgan fingerprint density at radius 3 is 2.86 bits per heavy atom. The molecule has 1 atom stereocenters. The molecule has 1 unspecified atom stereocenters. The summed E-state index contributed by atoms with van der Waals surface area (Å²) in [7, 11) is 3.11. The molecule has 1 aliphatic heterocycles. The predicted molar refractivity (Wildman–Crippen MR) is 115 cm³/mol. The van der Waals surface area contributed by atoms with Crippen molar-refractivity contribution < 1.29 is 19.0 Å². The van der Waals surface area contributed by atoms with Crippen molar-refractivity contribution in [1.82, 2.24) is 4.98 Å². The first-order valence-corrected chi connectivity index (χ1v) is 10.5. The van der Waals surface area contributed by atoms with Crippen molar-refractivity contribution in [1.29, 1.82) is 0 Å². The van der Waals surface area contributed by atoms with Crippen LogP contribution in [0.1, 0.15) is 23.2 Å². The highest BCUT2D eigenvalue weighted by Crippen LogP contribution is 2.35. The lowest BCUT2D eigenvalue weighted by molar-refractivity contribution is 0.0914. The SMILES string of the molecule is COc1ccc(OC)c(C(=O)N(CC2CCCO2)c2nc3c(Cl)cccc3s2)c1. The van der Waals surface area contributed by atoms with E-state index in [-0.39, 0.29) is 12.0 Å². The first-order valence-electron chi connectivity index (χ1n) is 9.31. The van der Waals surface area contributed by atoms with Crippen LogP contribution < -0.4 is 14.4 Å². The Kier molecular flexibility index (Phi) is 5.89. The van der Waals surface area contributed by atoms with Gasteiger partial charge in [0.2, 0.25) is 0 Å². The number of benzene rings is 2. The van der Waals surface area contributed by atoms with Gasteiger partial charge in [-0.1, -0.05) is 29.0 Å². The third-order valence-corrected chi connectivity index (χ3v) is 6.23. The van der Waals surface area contributed by atoms with Crippen molar-refractivity contribution in [3.63, 3.8) is 0 Å². The Labute approximate surface area is 178 Å². The molecule has 1 saturated heterocycles. The smallest absolute Gasteiger partial charge is 0.264 e. The van der Waals surface area contributed by atoms with E-state index in [1.165, 1.54) is 11.3 Å².